The molecule has 0 saturated carbocycles. The molecule has 3 nitrogen and oxygen atoms in total. The first kappa shape index (κ1) is 16.3. The Morgan fingerprint density at radius 3 is 2.76 bits per heavy atom. The van der Waals surface area contributed by atoms with Gasteiger partial charge in [-0.2, -0.15) is 0 Å². The monoisotopic (exact) mass is 290 g/mol. The van der Waals surface area contributed by atoms with Crippen LogP contribution < -0.4 is 10.2 Å². The Balaban J connectivity index is 2.05. The van der Waals surface area contributed by atoms with Crippen molar-refractivity contribution >= 4 is 5.69 Å². The normalized spacial score (nSPS) is 18.2. The largest absolute Gasteiger partial charge is 0.394 e. The number of aliphatic hydroxyl groups is 1. The van der Waals surface area contributed by atoms with E-state index in [0.29, 0.717) is 6.04 Å². The molecule has 1 aromatic carbocycles. The summed E-state index contributed by atoms with van der Waals surface area (Å²) in [5, 5.41) is 13.2. The summed E-state index contributed by atoms with van der Waals surface area (Å²) in [5.41, 5.74) is 2.66. The molecule has 1 aliphatic rings. The molecule has 0 radical (unpaired) electrons. The molecule has 0 amide bonds. The summed E-state index contributed by atoms with van der Waals surface area (Å²) in [6.45, 7) is 8.69. The number of rotatable bonds is 6. The van der Waals surface area contributed by atoms with Gasteiger partial charge in [-0.15, -0.1) is 0 Å². The third kappa shape index (κ3) is 4.45. The van der Waals surface area contributed by atoms with Crippen LogP contribution in [0.25, 0.3) is 0 Å². The molecule has 0 aromatic heterocycles. The maximum absolute atomic E-state index is 9.73. The highest BCUT2D eigenvalue weighted by Crippen LogP contribution is 2.27. The molecular weight excluding hydrogens is 260 g/mol. The zero-order valence-electron chi connectivity index (χ0n) is 13.7. The van der Waals surface area contributed by atoms with Crippen molar-refractivity contribution in [3.63, 3.8) is 0 Å². The van der Waals surface area contributed by atoms with Gasteiger partial charge in [-0.3, -0.25) is 0 Å². The van der Waals surface area contributed by atoms with Crippen LogP contribution in [0.3, 0.4) is 0 Å². The molecule has 1 unspecified atom stereocenters. The van der Waals surface area contributed by atoms with Gasteiger partial charge in [0, 0.05) is 30.4 Å². The molecule has 1 atom stereocenters. The first-order chi connectivity index (χ1) is 10.0. The van der Waals surface area contributed by atoms with Crippen LogP contribution in [0.5, 0.6) is 0 Å². The van der Waals surface area contributed by atoms with Gasteiger partial charge >= 0.3 is 0 Å². The van der Waals surface area contributed by atoms with Gasteiger partial charge in [-0.05, 0) is 44.2 Å². The van der Waals surface area contributed by atoms with Crippen molar-refractivity contribution in [3.8, 4) is 0 Å². The van der Waals surface area contributed by atoms with Crippen molar-refractivity contribution in [1.82, 2.24) is 5.32 Å². The Kier molecular flexibility index (Phi) is 5.65. The lowest BCUT2D eigenvalue weighted by atomic mass is 9.97. The number of aliphatic hydroxyl groups excluding tert-OH is 1. The molecule has 0 saturated heterocycles. The van der Waals surface area contributed by atoms with Crippen LogP contribution in [0, 0.1) is 0 Å². The van der Waals surface area contributed by atoms with E-state index in [9.17, 15) is 5.11 Å². The van der Waals surface area contributed by atoms with E-state index in [1.54, 1.807) is 0 Å². The van der Waals surface area contributed by atoms with Crippen LogP contribution in [0.15, 0.2) is 24.3 Å². The number of hydrogen-bond acceptors (Lipinski definition) is 3. The molecule has 3 heteroatoms. The third-order valence-electron chi connectivity index (χ3n) is 4.38. The summed E-state index contributed by atoms with van der Waals surface area (Å²) in [6, 6.07) is 9.16. The quantitative estimate of drug-likeness (QED) is 0.845. The molecule has 0 aliphatic carbocycles. The summed E-state index contributed by atoms with van der Waals surface area (Å²) >= 11 is 0. The van der Waals surface area contributed by atoms with Crippen molar-refractivity contribution < 1.29 is 5.11 Å². The van der Waals surface area contributed by atoms with Gasteiger partial charge in [0.2, 0.25) is 0 Å². The first-order valence-electron chi connectivity index (χ1n) is 8.25. The fourth-order valence-corrected chi connectivity index (χ4v) is 3.28. The minimum absolute atomic E-state index is 0.181. The summed E-state index contributed by atoms with van der Waals surface area (Å²) in [4.78, 5) is 2.50. The second kappa shape index (κ2) is 7.28. The van der Waals surface area contributed by atoms with E-state index in [2.05, 4.69) is 55.3 Å². The second-order valence-electron chi connectivity index (χ2n) is 6.84. The standard InChI is InChI=1S/C18H30N2O/c1-15(2)19-18(3,14-21)11-13-20-12-7-6-9-16-8-4-5-10-17(16)20/h4-5,8,10,15,19,21H,6-7,9,11-14H2,1-3H3. The molecular formula is C18H30N2O. The lowest BCUT2D eigenvalue weighted by Gasteiger charge is -2.34. The van der Waals surface area contributed by atoms with E-state index in [1.165, 1.54) is 30.5 Å². The van der Waals surface area contributed by atoms with Crippen LogP contribution in [-0.4, -0.2) is 36.4 Å². The Morgan fingerprint density at radius 2 is 2.05 bits per heavy atom. The van der Waals surface area contributed by atoms with Crippen LogP contribution in [0.2, 0.25) is 0 Å². The summed E-state index contributed by atoms with van der Waals surface area (Å²) < 4.78 is 0. The summed E-state index contributed by atoms with van der Waals surface area (Å²) in [6.07, 6.45) is 4.67. The van der Waals surface area contributed by atoms with Gasteiger partial charge in [0.15, 0.2) is 0 Å². The van der Waals surface area contributed by atoms with Crippen LogP contribution in [0.4, 0.5) is 5.69 Å². The number of nitrogens with one attached hydrogen (secondary N) is 1. The maximum atomic E-state index is 9.73. The zero-order chi connectivity index (χ0) is 15.3. The molecule has 2 N–H and O–H groups in total. The average Bonchev–Trinajstić information content (AvgIpc) is 2.67. The molecule has 0 spiro atoms. The summed E-state index contributed by atoms with van der Waals surface area (Å²) in [5.74, 6) is 0. The van der Waals surface area contributed by atoms with Crippen molar-refractivity contribution in [1.29, 1.82) is 0 Å². The highest BCUT2D eigenvalue weighted by molar-refractivity contribution is 5.54. The van der Waals surface area contributed by atoms with Crippen molar-refractivity contribution in [2.24, 2.45) is 0 Å². The third-order valence-corrected chi connectivity index (χ3v) is 4.38. The molecule has 118 valence electrons. The van der Waals surface area contributed by atoms with E-state index in [1.807, 2.05) is 0 Å². The minimum Gasteiger partial charge on any atom is -0.394 e. The molecule has 1 aromatic rings. The van der Waals surface area contributed by atoms with Gasteiger partial charge in [0.1, 0.15) is 0 Å². The molecule has 1 heterocycles. The Labute approximate surface area is 129 Å². The molecule has 1 aliphatic heterocycles. The zero-order valence-corrected chi connectivity index (χ0v) is 13.7. The number of hydrogen-bond donors (Lipinski definition) is 2. The number of nitrogens with zero attached hydrogens (tertiary/aromatic N) is 1. The van der Waals surface area contributed by atoms with E-state index >= 15 is 0 Å². The number of para-hydroxylation sites is 1. The lowest BCUT2D eigenvalue weighted by molar-refractivity contribution is 0.158. The second-order valence-corrected chi connectivity index (χ2v) is 6.84. The molecule has 2 rings (SSSR count). The van der Waals surface area contributed by atoms with Crippen LogP contribution >= 0.6 is 0 Å². The average molecular weight is 290 g/mol. The molecule has 0 bridgehead atoms. The predicted molar refractivity (Wildman–Crippen MR) is 90.0 cm³/mol. The van der Waals surface area contributed by atoms with Crippen molar-refractivity contribution in [2.45, 2.75) is 58.0 Å². The van der Waals surface area contributed by atoms with Crippen LogP contribution in [-0.2, 0) is 6.42 Å². The summed E-state index contributed by atoms with van der Waals surface area (Å²) in [7, 11) is 0. The van der Waals surface area contributed by atoms with Crippen molar-refractivity contribution in [2.75, 3.05) is 24.6 Å². The topological polar surface area (TPSA) is 35.5 Å². The Hall–Kier alpha value is -1.06. The predicted octanol–water partition coefficient (Wildman–Crippen LogP) is 2.97. The highest BCUT2D eigenvalue weighted by Gasteiger charge is 2.25. The van der Waals surface area contributed by atoms with E-state index in [0.717, 1.165) is 19.5 Å². The Morgan fingerprint density at radius 1 is 1.29 bits per heavy atom. The molecule has 0 fully saturated rings. The van der Waals surface area contributed by atoms with Gasteiger partial charge < -0.3 is 15.3 Å². The van der Waals surface area contributed by atoms with E-state index in [-0.39, 0.29) is 12.1 Å². The van der Waals surface area contributed by atoms with Crippen molar-refractivity contribution in [3.05, 3.63) is 29.8 Å². The smallest absolute Gasteiger partial charge is 0.0611 e. The first-order valence-corrected chi connectivity index (χ1v) is 8.25. The minimum atomic E-state index is -0.199. The SMILES string of the molecule is CC(C)NC(C)(CO)CCN1CCCCc2ccccc21. The maximum Gasteiger partial charge on any atom is 0.0611 e. The number of fused-ring (bicyclic) bond motifs is 1. The van der Waals surface area contributed by atoms with Gasteiger partial charge in [-0.1, -0.05) is 32.0 Å². The van der Waals surface area contributed by atoms with Gasteiger partial charge in [0.05, 0.1) is 6.61 Å². The van der Waals surface area contributed by atoms with Gasteiger partial charge in [0.25, 0.3) is 0 Å². The number of benzene rings is 1. The Bertz CT molecular complexity index is 447. The van der Waals surface area contributed by atoms with E-state index < -0.39 is 0 Å². The number of aryl methyl sites for hydroxylation is 1. The fraction of sp³-hybridized carbons (Fsp3) is 0.667. The fourth-order valence-electron chi connectivity index (χ4n) is 3.28. The van der Waals surface area contributed by atoms with Crippen LogP contribution in [0.1, 0.15) is 45.6 Å². The molecule has 21 heavy (non-hydrogen) atoms. The highest BCUT2D eigenvalue weighted by atomic mass is 16.3. The van der Waals surface area contributed by atoms with Gasteiger partial charge in [-0.25, -0.2) is 0 Å². The lowest BCUT2D eigenvalue weighted by Crippen LogP contribution is -2.51. The number of anilines is 1. The van der Waals surface area contributed by atoms with E-state index in [4.69, 9.17) is 0 Å².